The molecule has 13 heavy (non-hydrogen) atoms. The number of rotatable bonds is 3. The van der Waals surface area contributed by atoms with Crippen LogP contribution in [0.2, 0.25) is 0 Å². The molecule has 1 heterocycles. The number of hydrogen-bond acceptors (Lipinski definition) is 2. The zero-order chi connectivity index (χ0) is 10.1. The van der Waals surface area contributed by atoms with Crippen LogP contribution in [0.25, 0.3) is 0 Å². The molecular formula is C10H21N3. The second-order valence-corrected chi connectivity index (χ2v) is 4.96. The van der Waals surface area contributed by atoms with Crippen LogP contribution < -0.4 is 5.73 Å². The molecule has 3 nitrogen and oxygen atoms in total. The van der Waals surface area contributed by atoms with E-state index in [0.717, 1.165) is 13.1 Å². The number of amidine groups is 1. The van der Waals surface area contributed by atoms with Crippen molar-refractivity contribution < 1.29 is 0 Å². The summed E-state index contributed by atoms with van der Waals surface area (Å²) in [4.78, 5) is 2.43. The average molecular weight is 183 g/mol. The highest BCUT2D eigenvalue weighted by molar-refractivity contribution is 5.77. The van der Waals surface area contributed by atoms with Crippen LogP contribution in [0.1, 0.15) is 33.6 Å². The minimum absolute atomic E-state index is 0.303. The Balaban J connectivity index is 2.42. The van der Waals surface area contributed by atoms with Gasteiger partial charge in [0.05, 0.1) is 5.84 Å². The Bertz CT molecular complexity index is 198. The van der Waals surface area contributed by atoms with Crippen molar-refractivity contribution in [2.24, 2.45) is 11.1 Å². The maximum atomic E-state index is 7.24. The molecule has 0 saturated carbocycles. The monoisotopic (exact) mass is 183 g/mol. The van der Waals surface area contributed by atoms with E-state index in [1.165, 1.54) is 6.42 Å². The van der Waals surface area contributed by atoms with Crippen molar-refractivity contribution in [3.63, 3.8) is 0 Å². The van der Waals surface area contributed by atoms with Crippen LogP contribution in [0, 0.1) is 10.8 Å². The summed E-state index contributed by atoms with van der Waals surface area (Å²) in [5.41, 5.74) is 5.83. The Morgan fingerprint density at radius 1 is 1.62 bits per heavy atom. The number of nitrogens with zero attached hydrogens (tertiary/aromatic N) is 1. The Morgan fingerprint density at radius 3 is 2.62 bits per heavy atom. The highest BCUT2D eigenvalue weighted by Crippen LogP contribution is 2.30. The van der Waals surface area contributed by atoms with Gasteiger partial charge in [0.1, 0.15) is 0 Å². The first-order valence-electron chi connectivity index (χ1n) is 4.98. The van der Waals surface area contributed by atoms with Gasteiger partial charge in [-0.1, -0.05) is 13.8 Å². The predicted octanol–water partition coefficient (Wildman–Crippen LogP) is 1.43. The van der Waals surface area contributed by atoms with Gasteiger partial charge in [0.2, 0.25) is 0 Å². The molecule has 76 valence electrons. The summed E-state index contributed by atoms with van der Waals surface area (Å²) in [5, 5.41) is 7.24. The lowest BCUT2D eigenvalue weighted by molar-refractivity contribution is 0.234. The van der Waals surface area contributed by atoms with Crippen molar-refractivity contribution in [2.45, 2.75) is 39.7 Å². The maximum Gasteiger partial charge on any atom is 0.0920 e. The molecule has 0 aliphatic carbocycles. The van der Waals surface area contributed by atoms with Gasteiger partial charge in [-0.3, -0.25) is 10.3 Å². The van der Waals surface area contributed by atoms with Crippen molar-refractivity contribution in [1.29, 1.82) is 5.41 Å². The number of hydrogen-bond donors (Lipinski definition) is 2. The van der Waals surface area contributed by atoms with E-state index < -0.39 is 0 Å². The molecule has 3 heteroatoms. The number of likely N-dealkylation sites (tertiary alicyclic amines) is 1. The van der Waals surface area contributed by atoms with Crippen molar-refractivity contribution in [1.82, 2.24) is 4.90 Å². The highest BCUT2D eigenvalue weighted by Gasteiger charge is 2.31. The Kier molecular flexibility index (Phi) is 2.96. The van der Waals surface area contributed by atoms with Crippen LogP contribution in [0.15, 0.2) is 0 Å². The summed E-state index contributed by atoms with van der Waals surface area (Å²) < 4.78 is 0. The van der Waals surface area contributed by atoms with Gasteiger partial charge in [0, 0.05) is 19.0 Å². The molecule has 0 amide bonds. The van der Waals surface area contributed by atoms with E-state index in [-0.39, 0.29) is 0 Å². The maximum absolute atomic E-state index is 7.24. The van der Waals surface area contributed by atoms with Gasteiger partial charge < -0.3 is 5.73 Å². The van der Waals surface area contributed by atoms with Crippen LogP contribution >= 0.6 is 0 Å². The van der Waals surface area contributed by atoms with Crippen LogP contribution in [-0.4, -0.2) is 29.9 Å². The Labute approximate surface area is 80.8 Å². The van der Waals surface area contributed by atoms with Crippen LogP contribution in [0.3, 0.4) is 0 Å². The third-order valence-electron chi connectivity index (χ3n) is 2.85. The van der Waals surface area contributed by atoms with Gasteiger partial charge >= 0.3 is 0 Å². The molecule has 1 fully saturated rings. The van der Waals surface area contributed by atoms with Crippen molar-refractivity contribution >= 4 is 5.84 Å². The SMILES string of the molecule is CC(CC(=N)N)N1CCC(C)(C)C1. The highest BCUT2D eigenvalue weighted by atomic mass is 15.2. The lowest BCUT2D eigenvalue weighted by atomic mass is 9.93. The van der Waals surface area contributed by atoms with E-state index in [0.29, 0.717) is 23.7 Å². The number of nitrogens with one attached hydrogen (secondary N) is 1. The van der Waals surface area contributed by atoms with E-state index >= 15 is 0 Å². The second-order valence-electron chi connectivity index (χ2n) is 4.96. The van der Waals surface area contributed by atoms with Crippen molar-refractivity contribution in [2.75, 3.05) is 13.1 Å². The second kappa shape index (κ2) is 3.66. The first-order chi connectivity index (χ1) is 5.91. The normalized spacial score (nSPS) is 24.5. The fraction of sp³-hybridized carbons (Fsp3) is 0.900. The summed E-state index contributed by atoms with van der Waals surface area (Å²) >= 11 is 0. The molecular weight excluding hydrogens is 162 g/mol. The van der Waals surface area contributed by atoms with E-state index in [9.17, 15) is 0 Å². The van der Waals surface area contributed by atoms with Crippen LogP contribution in [0.5, 0.6) is 0 Å². The molecule has 0 bridgehead atoms. The third-order valence-corrected chi connectivity index (χ3v) is 2.85. The molecule has 1 rings (SSSR count). The molecule has 0 radical (unpaired) electrons. The zero-order valence-corrected chi connectivity index (χ0v) is 8.93. The fourth-order valence-electron chi connectivity index (χ4n) is 1.98. The lowest BCUT2D eigenvalue weighted by Crippen LogP contribution is -2.35. The average Bonchev–Trinajstić information content (AvgIpc) is 2.28. The van der Waals surface area contributed by atoms with Crippen LogP contribution in [0.4, 0.5) is 0 Å². The summed E-state index contributed by atoms with van der Waals surface area (Å²) in [6.45, 7) is 9.05. The van der Waals surface area contributed by atoms with Crippen molar-refractivity contribution in [3.05, 3.63) is 0 Å². The van der Waals surface area contributed by atoms with E-state index in [2.05, 4.69) is 25.7 Å². The van der Waals surface area contributed by atoms with E-state index in [1.54, 1.807) is 0 Å². The summed E-state index contributed by atoms with van der Waals surface area (Å²) in [7, 11) is 0. The minimum Gasteiger partial charge on any atom is -0.388 e. The van der Waals surface area contributed by atoms with Crippen LogP contribution in [-0.2, 0) is 0 Å². The van der Waals surface area contributed by atoms with E-state index in [4.69, 9.17) is 11.1 Å². The molecule has 1 aliphatic heterocycles. The van der Waals surface area contributed by atoms with Gasteiger partial charge in [-0.15, -0.1) is 0 Å². The van der Waals surface area contributed by atoms with Gasteiger partial charge in [0.25, 0.3) is 0 Å². The topological polar surface area (TPSA) is 53.1 Å². The van der Waals surface area contributed by atoms with Gasteiger partial charge in [0.15, 0.2) is 0 Å². The first kappa shape index (κ1) is 10.5. The summed E-state index contributed by atoms with van der Waals surface area (Å²) in [5.74, 6) is 0.303. The molecule has 0 spiro atoms. The third kappa shape index (κ3) is 2.99. The summed E-state index contributed by atoms with van der Waals surface area (Å²) in [6.07, 6.45) is 1.96. The molecule has 1 unspecified atom stereocenters. The first-order valence-corrected chi connectivity index (χ1v) is 4.98. The molecule has 1 aliphatic rings. The fourth-order valence-corrected chi connectivity index (χ4v) is 1.98. The largest absolute Gasteiger partial charge is 0.388 e. The molecule has 0 aromatic heterocycles. The van der Waals surface area contributed by atoms with Gasteiger partial charge in [-0.2, -0.15) is 0 Å². The molecule has 1 atom stereocenters. The quantitative estimate of drug-likeness (QED) is 0.514. The molecule has 3 N–H and O–H groups in total. The molecule has 0 aromatic carbocycles. The van der Waals surface area contributed by atoms with E-state index in [1.807, 2.05) is 0 Å². The summed E-state index contributed by atoms with van der Waals surface area (Å²) in [6, 6.07) is 0.430. The van der Waals surface area contributed by atoms with Gasteiger partial charge in [-0.25, -0.2) is 0 Å². The van der Waals surface area contributed by atoms with Gasteiger partial charge in [-0.05, 0) is 25.3 Å². The Hall–Kier alpha value is -0.570. The lowest BCUT2D eigenvalue weighted by Gasteiger charge is -2.25. The Morgan fingerprint density at radius 2 is 2.23 bits per heavy atom. The zero-order valence-electron chi connectivity index (χ0n) is 8.93. The minimum atomic E-state index is 0.303. The molecule has 0 aromatic rings. The van der Waals surface area contributed by atoms with Crippen molar-refractivity contribution in [3.8, 4) is 0 Å². The standard InChI is InChI=1S/C10H21N3/c1-8(6-9(11)12)13-5-4-10(2,3)7-13/h8H,4-7H2,1-3H3,(H3,11,12). The smallest absolute Gasteiger partial charge is 0.0920 e. The molecule has 1 saturated heterocycles. The predicted molar refractivity (Wildman–Crippen MR) is 56.0 cm³/mol. The number of nitrogens with two attached hydrogens (primary N) is 1.